The van der Waals surface area contributed by atoms with Gasteiger partial charge in [-0.25, -0.2) is 0 Å². The van der Waals surface area contributed by atoms with Gasteiger partial charge in [0.25, 0.3) is 5.91 Å². The molecule has 2 aliphatic heterocycles. The first-order chi connectivity index (χ1) is 14.7. The molecular weight excluding hydrogens is 392 g/mol. The molecule has 0 aromatic heterocycles. The van der Waals surface area contributed by atoms with Gasteiger partial charge in [-0.2, -0.15) is 0 Å². The highest BCUT2D eigenvalue weighted by Gasteiger charge is 2.44. The molecule has 0 bridgehead atoms. The maximum atomic E-state index is 13.2. The van der Waals surface area contributed by atoms with Crippen LogP contribution in [-0.4, -0.2) is 61.0 Å². The molecule has 0 saturated carbocycles. The SMILES string of the molecule is COc1cccc(-c2ccc3c(c2)OC2CN(C(=O)CC(C)(C)C)CC2N(C)C3=O)c1. The van der Waals surface area contributed by atoms with Crippen LogP contribution in [0.5, 0.6) is 11.5 Å². The van der Waals surface area contributed by atoms with Crippen LogP contribution in [0.2, 0.25) is 0 Å². The first kappa shape index (κ1) is 21.2. The number of methoxy groups -OCH3 is 1. The van der Waals surface area contributed by atoms with Crippen LogP contribution in [-0.2, 0) is 4.79 Å². The lowest BCUT2D eigenvalue weighted by Crippen LogP contribution is -2.44. The number of carbonyl (C=O) groups excluding carboxylic acids is 2. The van der Waals surface area contributed by atoms with Crippen LogP contribution in [0.25, 0.3) is 11.1 Å². The van der Waals surface area contributed by atoms with Crippen LogP contribution in [0.3, 0.4) is 0 Å². The van der Waals surface area contributed by atoms with E-state index in [0.717, 1.165) is 16.9 Å². The Morgan fingerprint density at radius 2 is 1.87 bits per heavy atom. The summed E-state index contributed by atoms with van der Waals surface area (Å²) in [6, 6.07) is 13.3. The smallest absolute Gasteiger partial charge is 0.257 e. The minimum atomic E-state index is -0.250. The topological polar surface area (TPSA) is 59.1 Å². The standard InChI is InChI=1S/C25H30N2O4/c1-25(2,3)13-23(28)27-14-20-22(15-27)31-21-12-17(9-10-19(21)24(29)26(20)4)16-7-6-8-18(11-16)30-5/h6-12,20,22H,13-15H2,1-5H3. The van der Waals surface area contributed by atoms with Gasteiger partial charge in [0.2, 0.25) is 5.91 Å². The Kier molecular flexibility index (Phi) is 5.42. The van der Waals surface area contributed by atoms with Gasteiger partial charge in [0.1, 0.15) is 17.6 Å². The largest absolute Gasteiger partial charge is 0.497 e. The van der Waals surface area contributed by atoms with E-state index in [-0.39, 0.29) is 29.4 Å². The predicted octanol–water partition coefficient (Wildman–Crippen LogP) is 3.84. The Morgan fingerprint density at radius 3 is 2.58 bits per heavy atom. The highest BCUT2D eigenvalue weighted by molar-refractivity contribution is 5.98. The number of fused-ring (bicyclic) bond motifs is 2. The quantitative estimate of drug-likeness (QED) is 0.754. The summed E-state index contributed by atoms with van der Waals surface area (Å²) < 4.78 is 11.7. The first-order valence-electron chi connectivity index (χ1n) is 10.7. The van der Waals surface area contributed by atoms with Crippen molar-refractivity contribution in [3.63, 3.8) is 0 Å². The third-order valence-electron chi connectivity index (χ3n) is 5.98. The second-order valence-electron chi connectivity index (χ2n) is 9.62. The van der Waals surface area contributed by atoms with Crippen molar-refractivity contribution in [3.8, 4) is 22.6 Å². The van der Waals surface area contributed by atoms with Crippen molar-refractivity contribution in [2.24, 2.45) is 5.41 Å². The molecule has 2 aromatic carbocycles. The van der Waals surface area contributed by atoms with Gasteiger partial charge < -0.3 is 19.3 Å². The van der Waals surface area contributed by atoms with E-state index in [4.69, 9.17) is 9.47 Å². The average Bonchev–Trinajstić information content (AvgIpc) is 3.12. The fraction of sp³-hybridized carbons (Fsp3) is 0.440. The zero-order valence-electron chi connectivity index (χ0n) is 18.8. The highest BCUT2D eigenvalue weighted by Crippen LogP contribution is 2.35. The summed E-state index contributed by atoms with van der Waals surface area (Å²) in [5, 5.41) is 0. The summed E-state index contributed by atoms with van der Waals surface area (Å²) in [6.07, 6.45) is 0.223. The Morgan fingerprint density at radius 1 is 1.13 bits per heavy atom. The predicted molar refractivity (Wildman–Crippen MR) is 119 cm³/mol. The number of benzene rings is 2. The molecule has 1 fully saturated rings. The van der Waals surface area contributed by atoms with Crippen LogP contribution < -0.4 is 9.47 Å². The number of amides is 2. The van der Waals surface area contributed by atoms with Crippen LogP contribution in [0, 0.1) is 5.41 Å². The van der Waals surface area contributed by atoms with Crippen LogP contribution >= 0.6 is 0 Å². The summed E-state index contributed by atoms with van der Waals surface area (Å²) in [5.74, 6) is 1.36. The summed E-state index contributed by atoms with van der Waals surface area (Å²) in [5.41, 5.74) is 2.41. The summed E-state index contributed by atoms with van der Waals surface area (Å²) >= 11 is 0. The molecule has 2 aromatic rings. The third kappa shape index (κ3) is 4.24. The molecule has 0 radical (unpaired) electrons. The molecule has 6 heteroatoms. The fourth-order valence-corrected chi connectivity index (χ4v) is 4.30. The van der Waals surface area contributed by atoms with Gasteiger partial charge in [-0.15, -0.1) is 0 Å². The number of carbonyl (C=O) groups is 2. The van der Waals surface area contributed by atoms with E-state index in [1.807, 2.05) is 47.4 Å². The molecule has 4 rings (SSSR count). The van der Waals surface area contributed by atoms with E-state index in [9.17, 15) is 9.59 Å². The Hall–Kier alpha value is -3.02. The van der Waals surface area contributed by atoms with Crippen molar-refractivity contribution in [1.29, 1.82) is 0 Å². The summed E-state index contributed by atoms with van der Waals surface area (Å²) in [6.45, 7) is 7.16. The molecule has 0 spiro atoms. The minimum Gasteiger partial charge on any atom is -0.497 e. The zero-order chi connectivity index (χ0) is 22.3. The molecule has 0 aliphatic carbocycles. The fourth-order valence-electron chi connectivity index (χ4n) is 4.30. The average molecular weight is 423 g/mol. The normalized spacial score (nSPS) is 20.6. The molecule has 2 heterocycles. The monoisotopic (exact) mass is 422 g/mol. The number of hydrogen-bond donors (Lipinski definition) is 0. The van der Waals surface area contributed by atoms with Gasteiger partial charge in [0.15, 0.2) is 0 Å². The second kappa shape index (κ2) is 7.91. The maximum Gasteiger partial charge on any atom is 0.257 e. The second-order valence-corrected chi connectivity index (χ2v) is 9.62. The van der Waals surface area contributed by atoms with Gasteiger partial charge in [0.05, 0.1) is 25.3 Å². The molecule has 2 aliphatic rings. The van der Waals surface area contributed by atoms with E-state index < -0.39 is 0 Å². The van der Waals surface area contributed by atoms with Gasteiger partial charge in [0, 0.05) is 20.0 Å². The van der Waals surface area contributed by atoms with E-state index in [1.165, 1.54) is 0 Å². The van der Waals surface area contributed by atoms with Crippen molar-refractivity contribution in [2.75, 3.05) is 27.2 Å². The molecule has 0 N–H and O–H groups in total. The lowest BCUT2D eigenvalue weighted by Gasteiger charge is -2.25. The molecular formula is C25H30N2O4. The van der Waals surface area contributed by atoms with Crippen molar-refractivity contribution in [1.82, 2.24) is 9.80 Å². The maximum absolute atomic E-state index is 13.2. The molecule has 164 valence electrons. The number of rotatable bonds is 3. The molecule has 31 heavy (non-hydrogen) atoms. The van der Waals surface area contributed by atoms with E-state index in [0.29, 0.717) is 30.8 Å². The molecule has 6 nitrogen and oxygen atoms in total. The minimum absolute atomic E-state index is 0.0789. The van der Waals surface area contributed by atoms with Crippen molar-refractivity contribution >= 4 is 11.8 Å². The summed E-state index contributed by atoms with van der Waals surface area (Å²) in [4.78, 5) is 29.5. The first-order valence-corrected chi connectivity index (χ1v) is 10.7. The highest BCUT2D eigenvalue weighted by atomic mass is 16.5. The number of hydrogen-bond acceptors (Lipinski definition) is 4. The van der Waals surface area contributed by atoms with Gasteiger partial charge >= 0.3 is 0 Å². The van der Waals surface area contributed by atoms with Gasteiger partial charge in [-0.3, -0.25) is 9.59 Å². The van der Waals surface area contributed by atoms with Crippen molar-refractivity contribution in [3.05, 3.63) is 48.0 Å². The van der Waals surface area contributed by atoms with Crippen molar-refractivity contribution < 1.29 is 19.1 Å². The van der Waals surface area contributed by atoms with E-state index in [2.05, 4.69) is 20.8 Å². The molecule has 2 unspecified atom stereocenters. The number of ether oxygens (including phenoxy) is 2. The number of nitrogens with zero attached hydrogens (tertiary/aromatic N) is 2. The molecule has 1 saturated heterocycles. The third-order valence-corrected chi connectivity index (χ3v) is 5.98. The van der Waals surface area contributed by atoms with E-state index in [1.54, 1.807) is 19.1 Å². The Labute approximate surface area is 183 Å². The van der Waals surface area contributed by atoms with E-state index >= 15 is 0 Å². The molecule has 2 atom stereocenters. The van der Waals surface area contributed by atoms with Crippen molar-refractivity contribution in [2.45, 2.75) is 39.3 Å². The zero-order valence-corrected chi connectivity index (χ0v) is 18.8. The lowest BCUT2D eigenvalue weighted by atomic mass is 9.92. The lowest BCUT2D eigenvalue weighted by molar-refractivity contribution is -0.132. The van der Waals surface area contributed by atoms with Crippen LogP contribution in [0.4, 0.5) is 0 Å². The Bertz CT molecular complexity index is 1010. The van der Waals surface area contributed by atoms with Gasteiger partial charge in [-0.1, -0.05) is 39.0 Å². The summed E-state index contributed by atoms with van der Waals surface area (Å²) in [7, 11) is 3.44. The van der Waals surface area contributed by atoms with Crippen LogP contribution in [0.1, 0.15) is 37.6 Å². The molecule has 2 amide bonds. The van der Waals surface area contributed by atoms with Crippen LogP contribution in [0.15, 0.2) is 42.5 Å². The Balaban J connectivity index is 1.63. The number of likely N-dealkylation sites (N-methyl/N-ethyl adjacent to an activating group) is 1. The number of likely N-dealkylation sites (tertiary alicyclic amines) is 1. The van der Waals surface area contributed by atoms with Gasteiger partial charge in [-0.05, 0) is 40.8 Å².